The minimum Gasteiger partial charge on any atom is -0.477 e. The predicted octanol–water partition coefficient (Wildman–Crippen LogP) is 2.33. The van der Waals surface area contributed by atoms with E-state index in [0.29, 0.717) is 6.42 Å². The second-order valence-corrected chi connectivity index (χ2v) is 9.37. The largest absolute Gasteiger partial charge is 0.477 e. The molecule has 1 atom stereocenters. The Morgan fingerprint density at radius 3 is 2.59 bits per heavy atom. The summed E-state index contributed by atoms with van der Waals surface area (Å²) in [4.78, 5) is 46.2. The Morgan fingerprint density at radius 2 is 2.00 bits per heavy atom. The number of oxime groups is 1. The number of amides is 1. The lowest BCUT2D eigenvalue weighted by atomic mass is 9.94. The summed E-state index contributed by atoms with van der Waals surface area (Å²) in [6, 6.07) is -0.865. The lowest BCUT2D eigenvalue weighted by Crippen LogP contribution is -2.47. The Balaban J connectivity index is 2.12. The Kier molecular flexibility index (Phi) is 9.32. The number of amidine groups is 1. The number of carbonyl (C=O) groups excluding carboxylic acids is 2. The SMILES string of the molecule is CCCCOC(=O)C1(O/N=C(\C(=O)O)C2CSC(NC(=O)OC(C)(C)C)=N2)CCOCC1. The van der Waals surface area contributed by atoms with Crippen LogP contribution in [0.15, 0.2) is 10.1 Å². The zero-order valence-corrected chi connectivity index (χ0v) is 19.7. The van der Waals surface area contributed by atoms with Crippen LogP contribution in [-0.4, -0.2) is 76.8 Å². The van der Waals surface area contributed by atoms with Gasteiger partial charge >= 0.3 is 18.0 Å². The molecule has 0 radical (unpaired) electrons. The Hall–Kier alpha value is -2.34. The lowest BCUT2D eigenvalue weighted by Gasteiger charge is -2.32. The van der Waals surface area contributed by atoms with Crippen LogP contribution in [-0.2, 0) is 28.6 Å². The van der Waals surface area contributed by atoms with Crippen LogP contribution in [0.4, 0.5) is 4.79 Å². The van der Waals surface area contributed by atoms with Crippen LogP contribution in [0, 0.1) is 0 Å². The van der Waals surface area contributed by atoms with Crippen LogP contribution >= 0.6 is 11.8 Å². The highest BCUT2D eigenvalue weighted by Crippen LogP contribution is 2.28. The summed E-state index contributed by atoms with van der Waals surface area (Å²) in [5.74, 6) is -1.69. The first-order valence-corrected chi connectivity index (χ1v) is 11.5. The maximum Gasteiger partial charge on any atom is 0.413 e. The molecule has 2 heterocycles. The van der Waals surface area contributed by atoms with E-state index in [1.54, 1.807) is 20.8 Å². The summed E-state index contributed by atoms with van der Waals surface area (Å²) < 4.78 is 15.8. The highest BCUT2D eigenvalue weighted by molar-refractivity contribution is 8.14. The van der Waals surface area contributed by atoms with Crippen molar-refractivity contribution in [2.45, 2.75) is 70.6 Å². The van der Waals surface area contributed by atoms with E-state index < -0.39 is 35.3 Å². The van der Waals surface area contributed by atoms with Gasteiger partial charge < -0.3 is 24.2 Å². The quantitative estimate of drug-likeness (QED) is 0.235. The number of esters is 1. The van der Waals surface area contributed by atoms with Crippen LogP contribution in [0.2, 0.25) is 0 Å². The number of alkyl carbamates (subject to hydrolysis) is 1. The molecule has 0 aliphatic carbocycles. The number of carbonyl (C=O) groups is 3. The highest BCUT2D eigenvalue weighted by atomic mass is 32.2. The van der Waals surface area contributed by atoms with E-state index in [9.17, 15) is 19.5 Å². The van der Waals surface area contributed by atoms with Gasteiger partial charge in [0.05, 0.1) is 19.8 Å². The van der Waals surface area contributed by atoms with Crippen molar-refractivity contribution in [2.24, 2.45) is 10.1 Å². The summed E-state index contributed by atoms with van der Waals surface area (Å²) in [6.45, 7) is 7.94. The predicted molar refractivity (Wildman–Crippen MR) is 118 cm³/mol. The Bertz CT molecular complexity index is 756. The van der Waals surface area contributed by atoms with Crippen molar-refractivity contribution in [1.82, 2.24) is 5.32 Å². The van der Waals surface area contributed by atoms with E-state index in [4.69, 9.17) is 19.0 Å². The highest BCUT2D eigenvalue weighted by Gasteiger charge is 2.45. The molecule has 12 heteroatoms. The van der Waals surface area contributed by atoms with E-state index in [2.05, 4.69) is 15.5 Å². The van der Waals surface area contributed by atoms with Gasteiger partial charge in [0, 0.05) is 18.6 Å². The van der Waals surface area contributed by atoms with Gasteiger partial charge in [-0.05, 0) is 27.2 Å². The molecule has 180 valence electrons. The number of aliphatic carboxylic acids is 1. The number of unbranched alkanes of at least 4 members (excludes halogenated alkanes) is 1. The van der Waals surface area contributed by atoms with Crippen molar-refractivity contribution in [3.8, 4) is 0 Å². The van der Waals surface area contributed by atoms with Gasteiger partial charge in [0.25, 0.3) is 0 Å². The maximum atomic E-state index is 12.7. The van der Waals surface area contributed by atoms with E-state index >= 15 is 0 Å². The molecule has 0 saturated carbocycles. The third-order valence-electron chi connectivity index (χ3n) is 4.52. The van der Waals surface area contributed by atoms with E-state index in [1.807, 2.05) is 6.92 Å². The molecular formula is C20H31N3O8S. The lowest BCUT2D eigenvalue weighted by molar-refractivity contribution is -0.185. The normalized spacial score (nSPS) is 20.8. The molecule has 2 rings (SSSR count). The fourth-order valence-corrected chi connectivity index (χ4v) is 3.73. The van der Waals surface area contributed by atoms with Crippen molar-refractivity contribution in [3.63, 3.8) is 0 Å². The first kappa shape index (κ1) is 25.9. The number of rotatable bonds is 8. The van der Waals surface area contributed by atoms with Crippen molar-refractivity contribution < 1.29 is 38.5 Å². The molecule has 0 spiro atoms. The molecule has 2 aliphatic rings. The summed E-state index contributed by atoms with van der Waals surface area (Å²) in [5, 5.41) is 16.2. The minimum absolute atomic E-state index is 0.197. The number of nitrogens with zero attached hydrogens (tertiary/aromatic N) is 2. The van der Waals surface area contributed by atoms with Gasteiger partial charge in [-0.3, -0.25) is 10.3 Å². The second-order valence-electron chi connectivity index (χ2n) is 8.36. The molecule has 0 aromatic heterocycles. The number of hydrogen-bond donors (Lipinski definition) is 2. The molecule has 1 unspecified atom stereocenters. The fraction of sp³-hybridized carbons (Fsp3) is 0.750. The number of thioether (sulfide) groups is 1. The second kappa shape index (κ2) is 11.5. The zero-order valence-electron chi connectivity index (χ0n) is 18.8. The first-order valence-electron chi connectivity index (χ1n) is 10.5. The van der Waals surface area contributed by atoms with Crippen LogP contribution in [0.3, 0.4) is 0 Å². The van der Waals surface area contributed by atoms with E-state index in [-0.39, 0.29) is 49.3 Å². The summed E-state index contributed by atoms with van der Waals surface area (Å²) >= 11 is 1.16. The number of ether oxygens (including phenoxy) is 3. The topological polar surface area (TPSA) is 145 Å². The van der Waals surface area contributed by atoms with Crippen LogP contribution in [0.5, 0.6) is 0 Å². The number of hydrogen-bond acceptors (Lipinski definition) is 10. The minimum atomic E-state index is -1.40. The standard InChI is InChI=1S/C20H31N3O8S/c1-5-6-9-29-16(26)20(7-10-28-11-8-20)31-23-14(15(24)25)13-12-32-17(21-13)22-18(27)30-19(2,3)4/h13H,5-12H2,1-4H3,(H,24,25)(H,21,22,27)/b23-14-. The monoisotopic (exact) mass is 473 g/mol. The van der Waals surface area contributed by atoms with Crippen LogP contribution in [0.25, 0.3) is 0 Å². The molecule has 1 fully saturated rings. The fourth-order valence-electron chi connectivity index (χ4n) is 2.83. The molecule has 2 aliphatic heterocycles. The van der Waals surface area contributed by atoms with Gasteiger partial charge in [-0.1, -0.05) is 30.3 Å². The van der Waals surface area contributed by atoms with Gasteiger partial charge in [-0.25, -0.2) is 14.4 Å². The molecule has 2 N–H and O–H groups in total. The Morgan fingerprint density at radius 1 is 1.31 bits per heavy atom. The van der Waals surface area contributed by atoms with Crippen molar-refractivity contribution in [3.05, 3.63) is 0 Å². The summed E-state index contributed by atoms with van der Waals surface area (Å²) in [7, 11) is 0. The van der Waals surface area contributed by atoms with Gasteiger partial charge in [0.2, 0.25) is 5.60 Å². The maximum absolute atomic E-state index is 12.7. The smallest absolute Gasteiger partial charge is 0.413 e. The van der Waals surface area contributed by atoms with E-state index in [0.717, 1.165) is 18.2 Å². The summed E-state index contributed by atoms with van der Waals surface area (Å²) in [6.07, 6.45) is 1.28. The van der Waals surface area contributed by atoms with Gasteiger partial charge in [0.15, 0.2) is 10.9 Å². The number of carboxylic acid groups (broad SMARTS) is 1. The third-order valence-corrected chi connectivity index (χ3v) is 5.48. The molecule has 1 saturated heterocycles. The average molecular weight is 474 g/mol. The van der Waals surface area contributed by atoms with Gasteiger partial charge in [0.1, 0.15) is 11.6 Å². The number of aliphatic imine (C=N–C) groups is 1. The van der Waals surface area contributed by atoms with Gasteiger partial charge in [-0.2, -0.15) is 0 Å². The molecule has 11 nitrogen and oxygen atoms in total. The number of nitrogens with one attached hydrogen (secondary N) is 1. The average Bonchev–Trinajstić information content (AvgIpc) is 3.15. The number of carboxylic acids is 1. The van der Waals surface area contributed by atoms with Crippen molar-refractivity contribution >= 4 is 40.7 Å². The summed E-state index contributed by atoms with van der Waals surface area (Å²) in [5.41, 5.74) is -2.45. The van der Waals surface area contributed by atoms with Gasteiger partial charge in [-0.15, -0.1) is 0 Å². The molecule has 1 amide bonds. The molecule has 32 heavy (non-hydrogen) atoms. The first-order chi connectivity index (χ1) is 15.1. The third kappa shape index (κ3) is 7.66. The molecular weight excluding hydrogens is 442 g/mol. The van der Waals surface area contributed by atoms with Crippen LogP contribution < -0.4 is 5.32 Å². The van der Waals surface area contributed by atoms with Crippen molar-refractivity contribution in [1.29, 1.82) is 0 Å². The van der Waals surface area contributed by atoms with Crippen molar-refractivity contribution in [2.75, 3.05) is 25.6 Å². The zero-order chi connectivity index (χ0) is 23.8. The molecule has 0 aromatic carbocycles. The molecule has 0 bridgehead atoms. The Labute approximate surface area is 191 Å². The van der Waals surface area contributed by atoms with Crippen LogP contribution in [0.1, 0.15) is 53.4 Å². The molecule has 0 aromatic rings. The van der Waals surface area contributed by atoms with E-state index in [1.165, 1.54) is 0 Å².